The number of fused-ring (bicyclic) bond motifs is 1. The maximum Gasteiger partial charge on any atom is 0.255 e. The number of carbonyl (C=O) groups is 2. The fourth-order valence-corrected chi connectivity index (χ4v) is 5.17. The lowest BCUT2D eigenvalue weighted by Gasteiger charge is -2.31. The Labute approximate surface area is 243 Å². The lowest BCUT2D eigenvalue weighted by Crippen LogP contribution is -2.46. The van der Waals surface area contributed by atoms with E-state index >= 15 is 0 Å². The largest absolute Gasteiger partial charge is 0.497 e. The van der Waals surface area contributed by atoms with E-state index in [1.54, 1.807) is 43.8 Å². The Morgan fingerprint density at radius 2 is 1.83 bits per heavy atom. The summed E-state index contributed by atoms with van der Waals surface area (Å²) in [5, 5.41) is 7.14. The molecule has 0 fully saturated rings. The molecular weight excluding hydrogens is 542 g/mol. The summed E-state index contributed by atoms with van der Waals surface area (Å²) in [6.07, 6.45) is 5.15. The lowest BCUT2D eigenvalue weighted by molar-refractivity contribution is -0.119. The van der Waals surface area contributed by atoms with E-state index in [2.05, 4.69) is 20.6 Å². The second kappa shape index (κ2) is 12.9. The SMILES string of the molecule is COc1ccc(CC(NC2CCOc3c(C(=O)N[C@@H](Cc4ccc(Cl)cc4)C(N)=O)cccc32)c2cnc[nH]2)cc1. The van der Waals surface area contributed by atoms with Gasteiger partial charge in [0, 0.05) is 35.7 Å². The van der Waals surface area contributed by atoms with Crippen molar-refractivity contribution < 1.29 is 19.1 Å². The molecule has 0 radical (unpaired) electrons. The van der Waals surface area contributed by atoms with Gasteiger partial charge in [0.05, 0.1) is 37.3 Å². The van der Waals surface area contributed by atoms with Crippen molar-refractivity contribution in [1.82, 2.24) is 20.6 Å². The second-order valence-corrected chi connectivity index (χ2v) is 10.4. The van der Waals surface area contributed by atoms with Gasteiger partial charge in [0.15, 0.2) is 0 Å². The number of imidazole rings is 1. The number of nitrogens with zero attached hydrogens (tertiary/aromatic N) is 1. The molecule has 1 aromatic heterocycles. The third kappa shape index (κ3) is 6.87. The van der Waals surface area contributed by atoms with E-state index in [0.717, 1.165) is 28.1 Å². The summed E-state index contributed by atoms with van der Waals surface area (Å²) in [5.41, 5.74) is 9.79. The molecule has 1 aliphatic rings. The number of aromatic amines is 1. The average Bonchev–Trinajstić information content (AvgIpc) is 3.53. The number of ether oxygens (including phenoxy) is 2. The van der Waals surface area contributed by atoms with Gasteiger partial charge >= 0.3 is 0 Å². The minimum Gasteiger partial charge on any atom is -0.497 e. The number of benzene rings is 3. The van der Waals surface area contributed by atoms with Crippen LogP contribution < -0.4 is 25.8 Å². The zero-order chi connectivity index (χ0) is 28.8. The number of aromatic nitrogens is 2. The molecule has 4 aromatic rings. The molecule has 0 saturated carbocycles. The van der Waals surface area contributed by atoms with Crippen molar-refractivity contribution in [3.63, 3.8) is 0 Å². The summed E-state index contributed by atoms with van der Waals surface area (Å²) in [6.45, 7) is 0.428. The first-order valence-corrected chi connectivity index (χ1v) is 13.8. The van der Waals surface area contributed by atoms with Gasteiger partial charge in [-0.15, -0.1) is 0 Å². The number of methoxy groups -OCH3 is 1. The van der Waals surface area contributed by atoms with Gasteiger partial charge in [-0.25, -0.2) is 4.98 Å². The molecule has 2 heterocycles. The first kappa shape index (κ1) is 28.2. The number of nitrogens with one attached hydrogen (secondary N) is 3. The third-order valence-corrected chi connectivity index (χ3v) is 7.47. The quantitative estimate of drug-likeness (QED) is 0.212. The molecule has 5 N–H and O–H groups in total. The van der Waals surface area contributed by atoms with E-state index in [-0.39, 0.29) is 18.5 Å². The van der Waals surface area contributed by atoms with E-state index in [1.807, 2.05) is 42.6 Å². The molecule has 3 atom stereocenters. The first-order chi connectivity index (χ1) is 19.9. The van der Waals surface area contributed by atoms with Crippen molar-refractivity contribution in [2.75, 3.05) is 13.7 Å². The van der Waals surface area contributed by atoms with Gasteiger partial charge in [-0.1, -0.05) is 48.0 Å². The highest BCUT2D eigenvalue weighted by molar-refractivity contribution is 6.30. The molecule has 2 amide bonds. The predicted molar refractivity (Wildman–Crippen MR) is 156 cm³/mol. The van der Waals surface area contributed by atoms with Gasteiger partial charge in [0.1, 0.15) is 17.5 Å². The summed E-state index contributed by atoms with van der Waals surface area (Å²) in [7, 11) is 1.65. The number of rotatable bonds is 11. The van der Waals surface area contributed by atoms with Crippen LogP contribution in [0.15, 0.2) is 79.3 Å². The molecule has 212 valence electrons. The van der Waals surface area contributed by atoms with E-state index in [1.165, 1.54) is 0 Å². The molecule has 0 saturated heterocycles. The molecule has 41 heavy (non-hydrogen) atoms. The van der Waals surface area contributed by atoms with Crippen molar-refractivity contribution in [3.05, 3.63) is 112 Å². The first-order valence-electron chi connectivity index (χ1n) is 13.4. The molecular formula is C31H32ClN5O4. The fourth-order valence-electron chi connectivity index (χ4n) is 5.05. The number of carbonyl (C=O) groups excluding carboxylic acids is 2. The Morgan fingerprint density at radius 1 is 1.10 bits per heavy atom. The zero-order valence-electron chi connectivity index (χ0n) is 22.6. The Morgan fingerprint density at radius 3 is 2.51 bits per heavy atom. The Bertz CT molecular complexity index is 1480. The molecule has 5 rings (SSSR count). The maximum absolute atomic E-state index is 13.4. The third-order valence-electron chi connectivity index (χ3n) is 7.22. The normalized spacial score (nSPS) is 15.7. The molecule has 10 heteroatoms. The summed E-state index contributed by atoms with van der Waals surface area (Å²) in [4.78, 5) is 33.1. The van der Waals surface area contributed by atoms with Crippen LogP contribution in [0.3, 0.4) is 0 Å². The summed E-state index contributed by atoms with van der Waals surface area (Å²) < 4.78 is 11.3. The number of amides is 2. The number of H-pyrrole nitrogens is 1. The highest BCUT2D eigenvalue weighted by Crippen LogP contribution is 2.37. The number of hydrogen-bond acceptors (Lipinski definition) is 6. The van der Waals surface area contributed by atoms with Crippen molar-refractivity contribution in [3.8, 4) is 11.5 Å². The molecule has 0 aliphatic carbocycles. The van der Waals surface area contributed by atoms with E-state index < -0.39 is 17.9 Å². The second-order valence-electron chi connectivity index (χ2n) is 9.95. The Balaban J connectivity index is 1.35. The smallest absolute Gasteiger partial charge is 0.255 e. The van der Waals surface area contributed by atoms with Gasteiger partial charge in [0.25, 0.3) is 5.91 Å². The molecule has 3 aromatic carbocycles. The van der Waals surface area contributed by atoms with Crippen LogP contribution >= 0.6 is 11.6 Å². The topological polar surface area (TPSA) is 131 Å². The van der Waals surface area contributed by atoms with Crippen LogP contribution in [0.25, 0.3) is 0 Å². The monoisotopic (exact) mass is 573 g/mol. The minimum atomic E-state index is -0.897. The van der Waals surface area contributed by atoms with Crippen LogP contribution in [-0.4, -0.2) is 41.5 Å². The number of nitrogens with two attached hydrogens (primary N) is 1. The number of primary amides is 1. The van der Waals surface area contributed by atoms with Crippen LogP contribution in [0.2, 0.25) is 5.02 Å². The summed E-state index contributed by atoms with van der Waals surface area (Å²) in [5.74, 6) is 0.245. The molecule has 0 bridgehead atoms. The molecule has 1 aliphatic heterocycles. The minimum absolute atomic E-state index is 0.0713. The van der Waals surface area contributed by atoms with Gasteiger partial charge in [-0.3, -0.25) is 9.59 Å². The molecule has 9 nitrogen and oxygen atoms in total. The van der Waals surface area contributed by atoms with E-state index in [4.69, 9.17) is 26.8 Å². The van der Waals surface area contributed by atoms with Gasteiger partial charge in [-0.2, -0.15) is 0 Å². The highest BCUT2D eigenvalue weighted by atomic mass is 35.5. The zero-order valence-corrected chi connectivity index (χ0v) is 23.4. The fraction of sp³-hybridized carbons (Fsp3) is 0.258. The van der Waals surface area contributed by atoms with Crippen LogP contribution in [0, 0.1) is 0 Å². The van der Waals surface area contributed by atoms with Gasteiger partial charge in [0.2, 0.25) is 5.91 Å². The standard InChI is InChI=1S/C31H32ClN5O4/c1-40-22-11-7-20(8-12-22)15-26(28-17-34-18-35-28)36-25-13-14-41-29-23(25)3-2-4-24(29)31(39)37-27(30(33)38)16-19-5-9-21(32)10-6-19/h2-12,17-18,25-27,36H,13-16H2,1H3,(H2,33,38)(H,34,35)(H,37,39)/t25?,26?,27-/m0/s1. The van der Waals surface area contributed by atoms with Crippen LogP contribution in [0.4, 0.5) is 0 Å². The van der Waals surface area contributed by atoms with Crippen molar-refractivity contribution in [2.45, 2.75) is 37.4 Å². The Hall–Kier alpha value is -4.34. The summed E-state index contributed by atoms with van der Waals surface area (Å²) in [6, 6.07) is 19.5. The van der Waals surface area contributed by atoms with Crippen molar-refractivity contribution >= 4 is 23.4 Å². The van der Waals surface area contributed by atoms with Crippen LogP contribution in [-0.2, 0) is 17.6 Å². The van der Waals surface area contributed by atoms with Crippen LogP contribution in [0.5, 0.6) is 11.5 Å². The number of hydrogen-bond donors (Lipinski definition) is 4. The van der Waals surface area contributed by atoms with Crippen molar-refractivity contribution in [2.24, 2.45) is 5.73 Å². The van der Waals surface area contributed by atoms with Crippen LogP contribution in [0.1, 0.15) is 51.2 Å². The summed E-state index contributed by atoms with van der Waals surface area (Å²) >= 11 is 5.98. The Kier molecular flexibility index (Phi) is 8.86. The number of para-hydroxylation sites is 1. The maximum atomic E-state index is 13.4. The lowest BCUT2D eigenvalue weighted by atomic mass is 9.94. The highest BCUT2D eigenvalue weighted by Gasteiger charge is 2.30. The van der Waals surface area contributed by atoms with Gasteiger partial charge in [-0.05, 0) is 47.9 Å². The number of halogens is 1. The molecule has 0 spiro atoms. The van der Waals surface area contributed by atoms with E-state index in [0.29, 0.717) is 35.8 Å². The van der Waals surface area contributed by atoms with E-state index in [9.17, 15) is 9.59 Å². The van der Waals surface area contributed by atoms with Gasteiger partial charge < -0.3 is 30.8 Å². The average molecular weight is 574 g/mol. The van der Waals surface area contributed by atoms with Crippen molar-refractivity contribution in [1.29, 1.82) is 0 Å². The molecule has 2 unspecified atom stereocenters. The predicted octanol–water partition coefficient (Wildman–Crippen LogP) is 4.30.